The van der Waals surface area contributed by atoms with E-state index >= 15 is 0 Å². The third-order valence-corrected chi connectivity index (χ3v) is 4.93. The van der Waals surface area contributed by atoms with Crippen LogP contribution in [0.25, 0.3) is 0 Å². The van der Waals surface area contributed by atoms with E-state index < -0.39 is 0 Å². The molecule has 1 aliphatic heterocycles. The fraction of sp³-hybridized carbons (Fsp3) is 0.611. The molecule has 126 valence electrons. The molecule has 2 aliphatic rings. The highest BCUT2D eigenvalue weighted by Gasteiger charge is 2.35. The van der Waals surface area contributed by atoms with E-state index in [1.54, 1.807) is 7.11 Å². The molecule has 1 aromatic rings. The molecule has 1 aromatic carbocycles. The molecule has 5 nitrogen and oxygen atoms in total. The van der Waals surface area contributed by atoms with E-state index in [9.17, 15) is 4.79 Å². The minimum absolute atomic E-state index is 0.110. The van der Waals surface area contributed by atoms with Crippen molar-refractivity contribution in [2.75, 3.05) is 27.3 Å². The minimum Gasteiger partial charge on any atom is -0.493 e. The molecule has 3 rings (SSSR count). The fourth-order valence-corrected chi connectivity index (χ4v) is 3.63. The molecule has 0 aromatic heterocycles. The van der Waals surface area contributed by atoms with Crippen molar-refractivity contribution < 1.29 is 19.0 Å². The molecule has 1 saturated heterocycles. The molecule has 2 unspecified atom stereocenters. The molecule has 2 atom stereocenters. The molecule has 0 radical (unpaired) electrons. The van der Waals surface area contributed by atoms with Crippen LogP contribution >= 0.6 is 0 Å². The second-order valence-electron chi connectivity index (χ2n) is 6.33. The van der Waals surface area contributed by atoms with Crippen molar-refractivity contribution in [3.8, 4) is 11.5 Å². The topological polar surface area (TPSA) is 56.8 Å². The Hall–Kier alpha value is -1.75. The second kappa shape index (κ2) is 7.21. The van der Waals surface area contributed by atoms with Crippen LogP contribution in [0.4, 0.5) is 0 Å². The Morgan fingerprint density at radius 1 is 1.13 bits per heavy atom. The first-order valence-electron chi connectivity index (χ1n) is 8.36. The van der Waals surface area contributed by atoms with Crippen molar-refractivity contribution in [1.29, 1.82) is 0 Å². The summed E-state index contributed by atoms with van der Waals surface area (Å²) in [5.41, 5.74) is 1.10. The summed E-state index contributed by atoms with van der Waals surface area (Å²) in [5, 5.41) is 3.28. The number of ether oxygens (including phenoxy) is 3. The number of rotatable bonds is 5. The lowest BCUT2D eigenvalue weighted by atomic mass is 9.89. The zero-order valence-electron chi connectivity index (χ0n) is 13.8. The zero-order valence-corrected chi connectivity index (χ0v) is 13.8. The van der Waals surface area contributed by atoms with Gasteiger partial charge in [0.15, 0.2) is 11.5 Å². The van der Waals surface area contributed by atoms with Crippen molar-refractivity contribution in [3.05, 3.63) is 23.8 Å². The Balaban J connectivity index is 1.83. The van der Waals surface area contributed by atoms with E-state index in [4.69, 9.17) is 14.2 Å². The molecule has 0 spiro atoms. The fourth-order valence-electron chi connectivity index (χ4n) is 3.63. The largest absolute Gasteiger partial charge is 0.493 e. The summed E-state index contributed by atoms with van der Waals surface area (Å²) in [5.74, 6) is 1.34. The van der Waals surface area contributed by atoms with Crippen molar-refractivity contribution in [1.82, 2.24) is 5.32 Å². The normalized spacial score (nSPS) is 24.6. The molecular formula is C18H25NO4. The van der Waals surface area contributed by atoms with Gasteiger partial charge in [-0.3, -0.25) is 4.79 Å². The SMILES string of the molecule is COC(=O)C1CNCC1c1ccc(OC)c(OC2CCCC2)c1. The molecule has 0 amide bonds. The summed E-state index contributed by atoms with van der Waals surface area (Å²) < 4.78 is 16.5. The molecule has 5 heteroatoms. The summed E-state index contributed by atoms with van der Waals surface area (Å²) in [6, 6.07) is 5.99. The molecule has 0 bridgehead atoms. The Kier molecular flexibility index (Phi) is 5.06. The Morgan fingerprint density at radius 2 is 1.91 bits per heavy atom. The van der Waals surface area contributed by atoms with Gasteiger partial charge in [-0.2, -0.15) is 0 Å². The number of benzene rings is 1. The van der Waals surface area contributed by atoms with E-state index in [1.807, 2.05) is 18.2 Å². The lowest BCUT2D eigenvalue weighted by Crippen LogP contribution is -2.23. The van der Waals surface area contributed by atoms with Gasteiger partial charge in [-0.1, -0.05) is 6.07 Å². The Bertz CT molecular complexity index is 554. The van der Waals surface area contributed by atoms with Crippen LogP contribution in [-0.4, -0.2) is 39.4 Å². The first-order chi connectivity index (χ1) is 11.2. The van der Waals surface area contributed by atoms with E-state index in [2.05, 4.69) is 5.32 Å². The van der Waals surface area contributed by atoms with E-state index in [1.165, 1.54) is 20.0 Å². The van der Waals surface area contributed by atoms with Gasteiger partial charge in [-0.25, -0.2) is 0 Å². The Labute approximate surface area is 137 Å². The van der Waals surface area contributed by atoms with Gasteiger partial charge in [-0.05, 0) is 43.4 Å². The smallest absolute Gasteiger partial charge is 0.310 e. The summed E-state index contributed by atoms with van der Waals surface area (Å²) in [6.45, 7) is 1.43. The number of hydrogen-bond donors (Lipinski definition) is 1. The third-order valence-electron chi connectivity index (χ3n) is 4.93. The van der Waals surface area contributed by atoms with Crippen LogP contribution in [-0.2, 0) is 9.53 Å². The van der Waals surface area contributed by atoms with Crippen molar-refractivity contribution in [2.45, 2.75) is 37.7 Å². The van der Waals surface area contributed by atoms with Crippen molar-refractivity contribution in [2.24, 2.45) is 5.92 Å². The molecule has 1 aliphatic carbocycles. The molecule has 1 saturated carbocycles. The van der Waals surface area contributed by atoms with Crippen LogP contribution in [0.3, 0.4) is 0 Å². The third kappa shape index (κ3) is 3.44. The molecule has 23 heavy (non-hydrogen) atoms. The van der Waals surface area contributed by atoms with Crippen LogP contribution in [0.15, 0.2) is 18.2 Å². The monoisotopic (exact) mass is 319 g/mol. The number of carbonyl (C=O) groups is 1. The maximum absolute atomic E-state index is 12.0. The Morgan fingerprint density at radius 3 is 2.61 bits per heavy atom. The minimum atomic E-state index is -0.158. The first-order valence-corrected chi connectivity index (χ1v) is 8.36. The predicted molar refractivity (Wildman–Crippen MR) is 87.0 cm³/mol. The van der Waals surface area contributed by atoms with Gasteiger partial charge in [0.2, 0.25) is 0 Å². The van der Waals surface area contributed by atoms with Crippen molar-refractivity contribution >= 4 is 5.97 Å². The standard InChI is InChI=1S/C18H25NO4/c1-21-16-8-7-12(9-17(16)23-13-5-3-4-6-13)14-10-19-11-15(14)18(20)22-2/h7-9,13-15,19H,3-6,10-11H2,1-2H3. The van der Waals surface area contributed by atoms with E-state index in [0.29, 0.717) is 6.54 Å². The lowest BCUT2D eigenvalue weighted by Gasteiger charge is -2.20. The molecule has 1 heterocycles. The van der Waals surface area contributed by atoms with Crippen LogP contribution in [0.5, 0.6) is 11.5 Å². The number of methoxy groups -OCH3 is 2. The quantitative estimate of drug-likeness (QED) is 0.845. The van der Waals surface area contributed by atoms with Gasteiger partial charge in [-0.15, -0.1) is 0 Å². The molecule has 1 N–H and O–H groups in total. The first kappa shape index (κ1) is 16.1. The summed E-state index contributed by atoms with van der Waals surface area (Å²) >= 11 is 0. The van der Waals surface area contributed by atoms with Crippen LogP contribution in [0.1, 0.15) is 37.2 Å². The van der Waals surface area contributed by atoms with Gasteiger partial charge >= 0.3 is 5.97 Å². The van der Waals surface area contributed by atoms with Gasteiger partial charge in [0, 0.05) is 19.0 Å². The molecular weight excluding hydrogens is 294 g/mol. The van der Waals surface area contributed by atoms with Gasteiger partial charge in [0.05, 0.1) is 26.2 Å². The van der Waals surface area contributed by atoms with Crippen LogP contribution in [0, 0.1) is 5.92 Å². The van der Waals surface area contributed by atoms with Crippen LogP contribution < -0.4 is 14.8 Å². The number of nitrogens with one attached hydrogen (secondary N) is 1. The number of esters is 1. The highest BCUT2D eigenvalue weighted by atomic mass is 16.5. The highest BCUT2D eigenvalue weighted by Crippen LogP contribution is 2.37. The highest BCUT2D eigenvalue weighted by molar-refractivity contribution is 5.74. The van der Waals surface area contributed by atoms with Gasteiger partial charge in [0.25, 0.3) is 0 Å². The second-order valence-corrected chi connectivity index (χ2v) is 6.33. The maximum atomic E-state index is 12.0. The maximum Gasteiger partial charge on any atom is 0.310 e. The predicted octanol–water partition coefficient (Wildman–Crippen LogP) is 2.49. The number of carbonyl (C=O) groups excluding carboxylic acids is 1. The summed E-state index contributed by atoms with van der Waals surface area (Å²) in [4.78, 5) is 12.0. The van der Waals surface area contributed by atoms with Crippen LogP contribution in [0.2, 0.25) is 0 Å². The lowest BCUT2D eigenvalue weighted by molar-refractivity contribution is -0.145. The number of hydrogen-bond acceptors (Lipinski definition) is 5. The van der Waals surface area contributed by atoms with Crippen molar-refractivity contribution in [3.63, 3.8) is 0 Å². The average Bonchev–Trinajstić information content (AvgIpc) is 3.25. The van der Waals surface area contributed by atoms with E-state index in [-0.39, 0.29) is 23.9 Å². The van der Waals surface area contributed by atoms with E-state index in [0.717, 1.165) is 36.4 Å². The summed E-state index contributed by atoms with van der Waals surface area (Å²) in [7, 11) is 3.10. The summed E-state index contributed by atoms with van der Waals surface area (Å²) in [6.07, 6.45) is 4.93. The zero-order chi connectivity index (χ0) is 16.2. The molecule has 2 fully saturated rings. The van der Waals surface area contributed by atoms with Gasteiger partial charge in [0.1, 0.15) is 0 Å². The average molecular weight is 319 g/mol. The van der Waals surface area contributed by atoms with Gasteiger partial charge < -0.3 is 19.5 Å².